The number of nitrogens with zero attached hydrogens (tertiary/aromatic N) is 2. The van der Waals surface area contributed by atoms with Gasteiger partial charge in [-0.3, -0.25) is 10.1 Å². The average Bonchev–Trinajstić information content (AvgIpc) is 2.72. The fourth-order valence-electron chi connectivity index (χ4n) is 1.83. The number of halogens is 3. The third kappa shape index (κ3) is 1.44. The molecule has 0 bridgehead atoms. The predicted octanol–water partition coefficient (Wildman–Crippen LogP) is 3.13. The number of benzene rings is 1. The molecule has 1 N–H and O–H groups in total. The molecule has 0 unspecified atom stereocenters. The van der Waals surface area contributed by atoms with Crippen molar-refractivity contribution >= 4 is 21.8 Å². The molecule has 0 saturated heterocycles. The highest BCUT2D eigenvalue weighted by molar-refractivity contribution is 6.03. The minimum absolute atomic E-state index is 0.0451. The van der Waals surface area contributed by atoms with Crippen molar-refractivity contribution in [2.24, 2.45) is 0 Å². The van der Waals surface area contributed by atoms with Crippen LogP contribution in [0.15, 0.2) is 30.5 Å². The highest BCUT2D eigenvalue weighted by Crippen LogP contribution is 2.34. The smallest absolute Gasteiger partial charge is 0.272 e. The molecule has 0 radical (unpaired) electrons. The second kappa shape index (κ2) is 3.19. The van der Waals surface area contributed by atoms with Crippen LogP contribution < -0.4 is 0 Å². The first-order valence-electron chi connectivity index (χ1n) is 4.86. The van der Waals surface area contributed by atoms with Crippen LogP contribution in [0.3, 0.4) is 0 Å². The fourth-order valence-corrected chi connectivity index (χ4v) is 1.83. The number of aromatic nitrogens is 3. The number of aromatic amines is 1. The van der Waals surface area contributed by atoms with Gasteiger partial charge in [-0.2, -0.15) is 18.3 Å². The van der Waals surface area contributed by atoms with E-state index < -0.39 is 11.9 Å². The molecule has 3 nitrogen and oxygen atoms in total. The van der Waals surface area contributed by atoms with Crippen molar-refractivity contribution in [1.82, 2.24) is 15.2 Å². The van der Waals surface area contributed by atoms with E-state index in [1.807, 2.05) is 5.10 Å². The van der Waals surface area contributed by atoms with E-state index in [0.717, 1.165) is 5.39 Å². The maximum atomic E-state index is 12.7. The summed E-state index contributed by atoms with van der Waals surface area (Å²) in [6, 6.07) is 6.52. The number of hydrogen-bond donors (Lipinski definition) is 1. The van der Waals surface area contributed by atoms with Crippen LogP contribution in [0.5, 0.6) is 0 Å². The lowest BCUT2D eigenvalue weighted by atomic mass is 10.1. The van der Waals surface area contributed by atoms with Crippen LogP contribution in [-0.2, 0) is 6.18 Å². The Balaban J connectivity index is 2.43. The van der Waals surface area contributed by atoms with Crippen molar-refractivity contribution in [3.8, 4) is 0 Å². The van der Waals surface area contributed by atoms with E-state index >= 15 is 0 Å². The first-order valence-corrected chi connectivity index (χ1v) is 4.86. The summed E-state index contributed by atoms with van der Waals surface area (Å²) in [7, 11) is 0. The zero-order valence-corrected chi connectivity index (χ0v) is 8.42. The topological polar surface area (TPSA) is 41.6 Å². The van der Waals surface area contributed by atoms with Crippen LogP contribution in [0.4, 0.5) is 13.2 Å². The summed E-state index contributed by atoms with van der Waals surface area (Å²) in [5.74, 6) is 0. The van der Waals surface area contributed by atoms with Gasteiger partial charge in [-0.05, 0) is 12.1 Å². The van der Waals surface area contributed by atoms with Gasteiger partial charge in [0.1, 0.15) is 11.2 Å². The van der Waals surface area contributed by atoms with Crippen LogP contribution in [0.2, 0.25) is 0 Å². The van der Waals surface area contributed by atoms with Crippen LogP contribution in [0, 0.1) is 0 Å². The van der Waals surface area contributed by atoms with Crippen molar-refractivity contribution in [3.05, 3.63) is 36.2 Å². The molecule has 3 rings (SSSR count). The molecule has 86 valence electrons. The van der Waals surface area contributed by atoms with Gasteiger partial charge in [-0.15, -0.1) is 0 Å². The molecule has 6 heteroatoms. The lowest BCUT2D eigenvalue weighted by molar-refractivity contribution is -0.139. The van der Waals surface area contributed by atoms with Crippen molar-refractivity contribution in [2.45, 2.75) is 6.18 Å². The fraction of sp³-hybridized carbons (Fsp3) is 0.0909. The van der Waals surface area contributed by atoms with Gasteiger partial charge in [0.05, 0.1) is 5.52 Å². The Morgan fingerprint density at radius 1 is 1.06 bits per heavy atom. The molecule has 0 saturated carbocycles. The van der Waals surface area contributed by atoms with E-state index in [2.05, 4.69) is 10.1 Å². The maximum Gasteiger partial charge on any atom is 0.433 e. The van der Waals surface area contributed by atoms with Gasteiger partial charge in [0.25, 0.3) is 0 Å². The number of alkyl halides is 3. The Kier molecular flexibility index (Phi) is 1.89. The Morgan fingerprint density at radius 3 is 2.65 bits per heavy atom. The standard InChI is InChI=1S/C11H6F3N3/c12-11(13,14)10-7-4-3-6-2-1-5-15-8(6)9(7)16-17-10/h1-5H,(H,16,17). The van der Waals surface area contributed by atoms with Crippen LogP contribution in [-0.4, -0.2) is 15.2 Å². The maximum absolute atomic E-state index is 12.7. The number of fused-ring (bicyclic) bond motifs is 3. The number of rotatable bonds is 0. The SMILES string of the molecule is FC(F)(F)c1[nH]nc2c1ccc1cccnc12. The van der Waals surface area contributed by atoms with Gasteiger partial charge in [0, 0.05) is 17.0 Å². The molecular formula is C11H6F3N3. The molecule has 0 amide bonds. The Hall–Kier alpha value is -2.11. The number of hydrogen-bond acceptors (Lipinski definition) is 2. The molecule has 2 heterocycles. The Labute approximate surface area is 93.3 Å². The van der Waals surface area contributed by atoms with Crippen LogP contribution in [0.25, 0.3) is 21.8 Å². The summed E-state index contributed by atoms with van der Waals surface area (Å²) >= 11 is 0. The third-order valence-electron chi connectivity index (χ3n) is 2.58. The number of H-pyrrole nitrogens is 1. The zero-order valence-electron chi connectivity index (χ0n) is 8.42. The van der Waals surface area contributed by atoms with Crippen molar-refractivity contribution < 1.29 is 13.2 Å². The van der Waals surface area contributed by atoms with E-state index in [1.54, 1.807) is 18.2 Å². The Morgan fingerprint density at radius 2 is 1.88 bits per heavy atom. The van der Waals surface area contributed by atoms with Gasteiger partial charge in [0.15, 0.2) is 0 Å². The molecule has 0 atom stereocenters. The molecule has 3 aromatic rings. The molecule has 0 aliphatic rings. The second-order valence-electron chi connectivity index (χ2n) is 3.63. The minimum Gasteiger partial charge on any atom is -0.272 e. The van der Waals surface area contributed by atoms with E-state index in [9.17, 15) is 13.2 Å². The Bertz CT molecular complexity index is 700. The van der Waals surface area contributed by atoms with Crippen molar-refractivity contribution in [2.75, 3.05) is 0 Å². The number of pyridine rings is 1. The molecule has 0 aliphatic heterocycles. The van der Waals surface area contributed by atoms with E-state index in [0.29, 0.717) is 5.52 Å². The first kappa shape index (κ1) is 10.1. The van der Waals surface area contributed by atoms with E-state index in [1.165, 1.54) is 12.3 Å². The van der Waals surface area contributed by atoms with Gasteiger partial charge >= 0.3 is 6.18 Å². The quantitative estimate of drug-likeness (QED) is 0.652. The van der Waals surface area contributed by atoms with Gasteiger partial charge in [-0.25, -0.2) is 0 Å². The summed E-state index contributed by atoms with van der Waals surface area (Å²) in [5.41, 5.74) is -0.118. The van der Waals surface area contributed by atoms with Crippen molar-refractivity contribution in [3.63, 3.8) is 0 Å². The highest BCUT2D eigenvalue weighted by atomic mass is 19.4. The average molecular weight is 237 g/mol. The molecule has 1 aromatic carbocycles. The van der Waals surface area contributed by atoms with Gasteiger partial charge < -0.3 is 0 Å². The van der Waals surface area contributed by atoms with Gasteiger partial charge in [0.2, 0.25) is 0 Å². The normalized spacial score (nSPS) is 12.4. The molecular weight excluding hydrogens is 231 g/mol. The number of nitrogens with one attached hydrogen (secondary N) is 1. The molecule has 17 heavy (non-hydrogen) atoms. The lowest BCUT2D eigenvalue weighted by Gasteiger charge is -2.03. The minimum atomic E-state index is -4.43. The molecule has 2 aromatic heterocycles. The summed E-state index contributed by atoms with van der Waals surface area (Å²) in [5, 5.41) is 6.55. The monoisotopic (exact) mass is 237 g/mol. The van der Waals surface area contributed by atoms with E-state index in [-0.39, 0.29) is 10.9 Å². The molecule has 0 spiro atoms. The van der Waals surface area contributed by atoms with Crippen LogP contribution in [0.1, 0.15) is 5.69 Å². The van der Waals surface area contributed by atoms with Gasteiger partial charge in [-0.1, -0.05) is 12.1 Å². The van der Waals surface area contributed by atoms with E-state index in [4.69, 9.17) is 0 Å². The summed E-state index contributed by atoms with van der Waals surface area (Å²) < 4.78 is 38.0. The lowest BCUT2D eigenvalue weighted by Crippen LogP contribution is -2.05. The largest absolute Gasteiger partial charge is 0.433 e. The first-order chi connectivity index (χ1) is 8.07. The summed E-state index contributed by atoms with van der Waals surface area (Å²) in [6.45, 7) is 0. The predicted molar refractivity (Wildman–Crippen MR) is 56.4 cm³/mol. The van der Waals surface area contributed by atoms with Crippen LogP contribution >= 0.6 is 0 Å². The molecule has 0 aliphatic carbocycles. The highest BCUT2D eigenvalue weighted by Gasteiger charge is 2.35. The molecule has 0 fully saturated rings. The summed E-state index contributed by atoms with van der Waals surface area (Å²) in [6.07, 6.45) is -2.90. The summed E-state index contributed by atoms with van der Waals surface area (Å²) in [4.78, 5) is 4.05. The zero-order chi connectivity index (χ0) is 12.0. The third-order valence-corrected chi connectivity index (χ3v) is 2.58. The second-order valence-corrected chi connectivity index (χ2v) is 3.63. The van der Waals surface area contributed by atoms with Crippen molar-refractivity contribution in [1.29, 1.82) is 0 Å².